The maximum absolute atomic E-state index is 13.5. The summed E-state index contributed by atoms with van der Waals surface area (Å²) in [6, 6.07) is 6.51. The maximum Gasteiger partial charge on any atom is 0.338 e. The number of unbranched alkanes of at least 4 members (excludes halogenated alkanes) is 4. The largest absolute Gasteiger partial charge is 0.460 e. The zero-order valence-electron chi connectivity index (χ0n) is 26.9. The van der Waals surface area contributed by atoms with E-state index < -0.39 is 53.6 Å². The molecular weight excluding hydrogens is 677 g/mol. The molecule has 1 amide bonds. The molecule has 1 heterocycles. The number of amides is 1. The number of benzene rings is 1. The van der Waals surface area contributed by atoms with Gasteiger partial charge in [-0.1, -0.05) is 45.6 Å². The summed E-state index contributed by atoms with van der Waals surface area (Å²) in [7, 11) is 0. The number of ether oxygens (including phenoxy) is 4. The molecule has 0 aromatic heterocycles. The molecule has 1 aromatic rings. The van der Waals surface area contributed by atoms with Gasteiger partial charge < -0.3 is 29.4 Å². The van der Waals surface area contributed by atoms with Gasteiger partial charge in [0.1, 0.15) is 23.9 Å². The Kier molecular flexibility index (Phi) is 14.1. The van der Waals surface area contributed by atoms with Gasteiger partial charge in [-0.2, -0.15) is 0 Å². The molecule has 1 fully saturated rings. The minimum atomic E-state index is -0.810. The highest BCUT2D eigenvalue weighted by atomic mass is 127. The Hall–Kier alpha value is -2.02. The minimum absolute atomic E-state index is 0.0532. The number of fused-ring (bicyclic) bond motifs is 1. The summed E-state index contributed by atoms with van der Waals surface area (Å²) >= 11 is 2.15. The van der Waals surface area contributed by atoms with Gasteiger partial charge in [0.05, 0.1) is 18.2 Å². The lowest BCUT2D eigenvalue weighted by atomic mass is 9.91. The summed E-state index contributed by atoms with van der Waals surface area (Å²) < 4.78 is 25.6. The van der Waals surface area contributed by atoms with Gasteiger partial charge in [0.15, 0.2) is 5.79 Å². The minimum Gasteiger partial charge on any atom is -0.460 e. The first-order chi connectivity index (χ1) is 20.9. The molecule has 44 heavy (non-hydrogen) atoms. The monoisotopic (exact) mass is 727 g/mol. The first-order valence-electron chi connectivity index (χ1n) is 16.0. The Bertz CT molecular complexity index is 1140. The van der Waals surface area contributed by atoms with Crippen molar-refractivity contribution in [2.45, 2.75) is 141 Å². The second-order valence-corrected chi connectivity index (χ2v) is 14.1. The summed E-state index contributed by atoms with van der Waals surface area (Å²) in [5, 5.41) is 12.8. The van der Waals surface area contributed by atoms with Crippen LogP contribution in [0.2, 0.25) is 0 Å². The first-order valence-corrected chi connectivity index (χ1v) is 17.1. The molecule has 0 saturated carbocycles. The van der Waals surface area contributed by atoms with Gasteiger partial charge in [0, 0.05) is 34.8 Å². The van der Waals surface area contributed by atoms with Crippen LogP contribution < -0.4 is 5.32 Å². The van der Waals surface area contributed by atoms with Crippen LogP contribution in [-0.4, -0.2) is 65.3 Å². The highest BCUT2D eigenvalue weighted by Gasteiger charge is 2.52. The number of nitrogens with one attached hydrogen (secondary N) is 1. The van der Waals surface area contributed by atoms with Crippen LogP contribution >= 0.6 is 22.6 Å². The highest BCUT2D eigenvalue weighted by Crippen LogP contribution is 2.43. The van der Waals surface area contributed by atoms with Gasteiger partial charge in [-0.15, -0.1) is 0 Å². The summed E-state index contributed by atoms with van der Waals surface area (Å²) in [4.78, 5) is 39.0. The molecule has 0 bridgehead atoms. The van der Waals surface area contributed by atoms with Gasteiger partial charge in [0.2, 0.25) is 5.91 Å². The van der Waals surface area contributed by atoms with E-state index in [2.05, 4.69) is 41.8 Å². The van der Waals surface area contributed by atoms with E-state index >= 15 is 0 Å². The molecule has 2 N–H and O–H groups in total. The molecule has 0 radical (unpaired) electrons. The molecule has 1 aliphatic carbocycles. The number of esters is 2. The van der Waals surface area contributed by atoms with Crippen LogP contribution in [0.15, 0.2) is 35.9 Å². The summed E-state index contributed by atoms with van der Waals surface area (Å²) in [6.45, 7) is 9.34. The van der Waals surface area contributed by atoms with Crippen molar-refractivity contribution in [2.24, 2.45) is 0 Å². The molecule has 4 atom stereocenters. The summed E-state index contributed by atoms with van der Waals surface area (Å²) in [6.07, 6.45) is 7.90. The number of hydrogen-bond donors (Lipinski definition) is 2. The fraction of sp³-hybridized carbons (Fsp3) is 0.676. The van der Waals surface area contributed by atoms with Crippen LogP contribution in [0.1, 0.15) is 116 Å². The lowest BCUT2D eigenvalue weighted by Gasteiger charge is -2.31. The van der Waals surface area contributed by atoms with Gasteiger partial charge >= 0.3 is 11.9 Å². The number of aliphatic hydroxyl groups is 1. The number of hydrogen-bond acceptors (Lipinski definition) is 8. The fourth-order valence-corrected chi connectivity index (χ4v) is 6.14. The van der Waals surface area contributed by atoms with Gasteiger partial charge in [0.25, 0.3) is 0 Å². The van der Waals surface area contributed by atoms with Crippen LogP contribution in [0.25, 0.3) is 0 Å². The molecular formula is C34H50INO8. The number of carbonyl (C=O) groups is 3. The molecule has 2 aliphatic rings. The fourth-order valence-electron chi connectivity index (χ4n) is 5.59. The van der Waals surface area contributed by atoms with E-state index in [9.17, 15) is 19.5 Å². The second-order valence-electron chi connectivity index (χ2n) is 12.8. The third-order valence-electron chi connectivity index (χ3n) is 7.78. The Morgan fingerprint density at radius 1 is 1.09 bits per heavy atom. The van der Waals surface area contributed by atoms with Crippen LogP contribution in [0, 0.1) is 3.57 Å². The van der Waals surface area contributed by atoms with E-state index in [1.807, 2.05) is 6.07 Å². The van der Waals surface area contributed by atoms with Crippen molar-refractivity contribution in [3.63, 3.8) is 0 Å². The SMILES string of the molecule is CCCCCC1(CCCCC)OC2C=C(C(=O)NC(CO)CCC(=O)OC(C)(C)C)CC(OC(=O)c3cccc(I)c3)C2O1. The Morgan fingerprint density at radius 3 is 2.36 bits per heavy atom. The van der Waals surface area contributed by atoms with E-state index in [1.165, 1.54) is 0 Å². The van der Waals surface area contributed by atoms with Crippen molar-refractivity contribution in [1.82, 2.24) is 5.32 Å². The third kappa shape index (κ3) is 11.1. The molecule has 1 aromatic carbocycles. The quantitative estimate of drug-likeness (QED) is 0.114. The smallest absolute Gasteiger partial charge is 0.338 e. The van der Waals surface area contributed by atoms with Gasteiger partial charge in [-0.3, -0.25) is 9.59 Å². The second kappa shape index (κ2) is 17.1. The predicted octanol–water partition coefficient (Wildman–Crippen LogP) is 6.39. The van der Waals surface area contributed by atoms with Crippen molar-refractivity contribution >= 4 is 40.4 Å². The van der Waals surface area contributed by atoms with E-state index in [-0.39, 0.29) is 25.9 Å². The average molecular weight is 728 g/mol. The molecule has 1 saturated heterocycles. The van der Waals surface area contributed by atoms with Gasteiger partial charge in [-0.25, -0.2) is 4.79 Å². The lowest BCUT2D eigenvalue weighted by Crippen LogP contribution is -2.45. The Labute approximate surface area is 275 Å². The molecule has 246 valence electrons. The van der Waals surface area contributed by atoms with Crippen molar-refractivity contribution in [1.29, 1.82) is 0 Å². The predicted molar refractivity (Wildman–Crippen MR) is 176 cm³/mol. The van der Waals surface area contributed by atoms with Gasteiger partial charge in [-0.05, 0) is 86.9 Å². The molecule has 3 rings (SSSR count). The zero-order chi connectivity index (χ0) is 32.3. The number of carbonyl (C=O) groups excluding carboxylic acids is 3. The van der Waals surface area contributed by atoms with Crippen LogP contribution in [0.4, 0.5) is 0 Å². The normalized spacial score (nSPS) is 21.6. The molecule has 4 unspecified atom stereocenters. The van der Waals surface area contributed by atoms with Crippen LogP contribution in [-0.2, 0) is 28.5 Å². The van der Waals surface area contributed by atoms with Crippen molar-refractivity contribution < 1.29 is 38.4 Å². The van der Waals surface area contributed by atoms with Crippen molar-refractivity contribution in [2.75, 3.05) is 6.61 Å². The third-order valence-corrected chi connectivity index (χ3v) is 8.45. The molecule has 9 nitrogen and oxygen atoms in total. The summed E-state index contributed by atoms with van der Waals surface area (Å²) in [5.74, 6) is -2.10. The lowest BCUT2D eigenvalue weighted by molar-refractivity contribution is -0.190. The Balaban J connectivity index is 1.81. The molecule has 10 heteroatoms. The number of halogens is 1. The van der Waals surface area contributed by atoms with E-state index in [4.69, 9.17) is 18.9 Å². The van der Waals surface area contributed by atoms with E-state index in [0.29, 0.717) is 11.1 Å². The first kappa shape index (κ1) is 36.4. The average Bonchev–Trinajstić information content (AvgIpc) is 3.33. The molecule has 1 aliphatic heterocycles. The van der Waals surface area contributed by atoms with Crippen LogP contribution in [0.3, 0.4) is 0 Å². The number of aliphatic hydroxyl groups excluding tert-OH is 1. The van der Waals surface area contributed by atoms with Crippen molar-refractivity contribution in [3.05, 3.63) is 45.0 Å². The van der Waals surface area contributed by atoms with E-state index in [1.54, 1.807) is 45.0 Å². The summed E-state index contributed by atoms with van der Waals surface area (Å²) in [5.41, 5.74) is 0.200. The molecule has 0 spiro atoms. The number of rotatable bonds is 16. The standard InChI is InChI=1S/C34H50INO8/c1-6-8-10-17-34(18-11-9-7-2)42-28-21-24(31(39)36-26(22-37)15-16-29(38)43-33(3,4)5)20-27(30(28)44-34)41-32(40)23-13-12-14-25(35)19-23/h12-14,19,21,26-28,30,37H,6-11,15-18,20,22H2,1-5H3,(H,36,39). The maximum atomic E-state index is 13.5. The van der Waals surface area contributed by atoms with E-state index in [0.717, 1.165) is 54.9 Å². The van der Waals surface area contributed by atoms with Crippen molar-refractivity contribution in [3.8, 4) is 0 Å². The van der Waals surface area contributed by atoms with Crippen LogP contribution in [0.5, 0.6) is 0 Å². The zero-order valence-corrected chi connectivity index (χ0v) is 29.0. The topological polar surface area (TPSA) is 120 Å². The highest BCUT2D eigenvalue weighted by molar-refractivity contribution is 14.1. The Morgan fingerprint density at radius 2 is 1.77 bits per heavy atom.